The zero-order valence-corrected chi connectivity index (χ0v) is 16.1. The number of hydrogen-bond acceptors (Lipinski definition) is 4. The first-order valence-corrected chi connectivity index (χ1v) is 10.7. The van der Waals surface area contributed by atoms with Crippen LogP contribution < -0.4 is 5.73 Å². The molecule has 1 aliphatic rings. The average Bonchev–Trinajstić information content (AvgIpc) is 3.37. The fourth-order valence-electron chi connectivity index (χ4n) is 3.23. The van der Waals surface area contributed by atoms with Gasteiger partial charge in [-0.1, -0.05) is 30.3 Å². The first-order valence-electron chi connectivity index (χ1n) is 9.24. The van der Waals surface area contributed by atoms with Crippen molar-refractivity contribution in [2.45, 2.75) is 30.7 Å². The third-order valence-electron chi connectivity index (χ3n) is 4.73. The van der Waals surface area contributed by atoms with Gasteiger partial charge in [0.1, 0.15) is 10.6 Å². The molecule has 3 N–H and O–H groups in total. The van der Waals surface area contributed by atoms with E-state index in [9.17, 15) is 13.2 Å². The molecule has 0 bridgehead atoms. The molecule has 2 aromatic rings. The predicted molar refractivity (Wildman–Crippen MR) is 104 cm³/mol. The summed E-state index contributed by atoms with van der Waals surface area (Å²) in [6, 6.07) is 10.9. The van der Waals surface area contributed by atoms with E-state index in [1.165, 1.54) is 16.6 Å². The number of carbonyl (C=O) groups is 1. The van der Waals surface area contributed by atoms with Crippen LogP contribution in [0, 0.1) is 0 Å². The highest BCUT2D eigenvalue weighted by Gasteiger charge is 2.28. The molecule has 1 aromatic carbocycles. The van der Waals surface area contributed by atoms with Crippen LogP contribution in [0.2, 0.25) is 0 Å². The van der Waals surface area contributed by atoms with Gasteiger partial charge in [-0.25, -0.2) is 8.42 Å². The normalized spacial score (nSPS) is 14.8. The molecule has 1 aliphatic heterocycles. The topological polar surface area (TPSA) is 99.5 Å². The summed E-state index contributed by atoms with van der Waals surface area (Å²) >= 11 is 0. The molecule has 0 atom stereocenters. The molecule has 8 heteroatoms. The highest BCUT2D eigenvalue weighted by molar-refractivity contribution is 7.89. The van der Waals surface area contributed by atoms with Gasteiger partial charge in [0.15, 0.2) is 0 Å². The van der Waals surface area contributed by atoms with E-state index >= 15 is 0 Å². The van der Waals surface area contributed by atoms with E-state index in [4.69, 9.17) is 5.73 Å². The molecule has 0 unspecified atom stereocenters. The second-order valence-corrected chi connectivity index (χ2v) is 8.65. The van der Waals surface area contributed by atoms with Gasteiger partial charge in [-0.15, -0.1) is 0 Å². The maximum atomic E-state index is 13.1. The molecule has 1 saturated heterocycles. The van der Waals surface area contributed by atoms with E-state index < -0.39 is 10.0 Å². The summed E-state index contributed by atoms with van der Waals surface area (Å²) in [4.78, 5) is 17.2. The number of H-pyrrole nitrogens is 1. The number of carbonyl (C=O) groups excluding carboxylic acids is 1. The van der Waals surface area contributed by atoms with Crippen LogP contribution in [0.3, 0.4) is 0 Å². The van der Waals surface area contributed by atoms with Gasteiger partial charge in [0.25, 0.3) is 5.91 Å². The van der Waals surface area contributed by atoms with Gasteiger partial charge < -0.3 is 15.6 Å². The number of rotatable bonds is 8. The summed E-state index contributed by atoms with van der Waals surface area (Å²) in [5.41, 5.74) is 6.81. The van der Waals surface area contributed by atoms with Crippen LogP contribution in [0.15, 0.2) is 47.5 Å². The summed E-state index contributed by atoms with van der Waals surface area (Å²) < 4.78 is 27.7. The van der Waals surface area contributed by atoms with Crippen molar-refractivity contribution in [1.29, 1.82) is 0 Å². The number of nitrogens with one attached hydrogen (secondary N) is 1. The van der Waals surface area contributed by atoms with E-state index in [2.05, 4.69) is 4.98 Å². The van der Waals surface area contributed by atoms with Crippen molar-refractivity contribution < 1.29 is 13.2 Å². The standard InChI is InChI=1S/C19H26N4O3S/c20-9-6-12-23(15-16-7-2-1-3-8-16)27(25,26)17-13-18(21-14-17)19(24)22-10-4-5-11-22/h1-3,7-8,13-14,21H,4-6,9-12,15,20H2. The number of nitrogens with two attached hydrogens (primary N) is 1. The number of likely N-dealkylation sites (tertiary alicyclic amines) is 1. The molecule has 1 amide bonds. The van der Waals surface area contributed by atoms with Crippen molar-refractivity contribution in [3.63, 3.8) is 0 Å². The smallest absolute Gasteiger partial charge is 0.270 e. The highest BCUT2D eigenvalue weighted by Crippen LogP contribution is 2.21. The Balaban J connectivity index is 1.82. The molecule has 0 radical (unpaired) electrons. The Labute approximate surface area is 160 Å². The number of aromatic nitrogens is 1. The molecule has 0 saturated carbocycles. The molecule has 7 nitrogen and oxygen atoms in total. The van der Waals surface area contributed by atoms with E-state index in [1.807, 2.05) is 30.3 Å². The van der Waals surface area contributed by atoms with Crippen molar-refractivity contribution in [2.75, 3.05) is 26.2 Å². The van der Waals surface area contributed by atoms with Crippen LogP contribution >= 0.6 is 0 Å². The summed E-state index contributed by atoms with van der Waals surface area (Å²) in [7, 11) is -3.73. The van der Waals surface area contributed by atoms with Crippen LogP contribution in [0.4, 0.5) is 0 Å². The Morgan fingerprint density at radius 3 is 2.56 bits per heavy atom. The van der Waals surface area contributed by atoms with Gasteiger partial charge in [-0.2, -0.15) is 4.31 Å². The van der Waals surface area contributed by atoms with Crippen LogP contribution in [0.25, 0.3) is 0 Å². The largest absolute Gasteiger partial charge is 0.356 e. The quantitative estimate of drug-likeness (QED) is 0.718. The molecule has 146 valence electrons. The van der Waals surface area contributed by atoms with E-state index in [0.717, 1.165) is 31.5 Å². The SMILES string of the molecule is NCCCN(Cc1ccccc1)S(=O)(=O)c1c[nH]c(C(=O)N2CCCC2)c1. The molecular formula is C19H26N4O3S. The lowest BCUT2D eigenvalue weighted by atomic mass is 10.2. The molecule has 27 heavy (non-hydrogen) atoms. The van der Waals surface area contributed by atoms with E-state index in [0.29, 0.717) is 25.2 Å². The number of amides is 1. The lowest BCUT2D eigenvalue weighted by molar-refractivity contribution is 0.0787. The van der Waals surface area contributed by atoms with Crippen molar-refractivity contribution in [2.24, 2.45) is 5.73 Å². The molecule has 0 spiro atoms. The minimum atomic E-state index is -3.73. The van der Waals surface area contributed by atoms with Crippen LogP contribution in [0.1, 0.15) is 35.3 Å². The number of nitrogens with zero attached hydrogens (tertiary/aromatic N) is 2. The molecule has 3 rings (SSSR count). The third kappa shape index (κ3) is 4.58. The summed E-state index contributed by atoms with van der Waals surface area (Å²) in [6.45, 7) is 2.44. The van der Waals surface area contributed by atoms with Gasteiger partial charge in [-0.3, -0.25) is 4.79 Å². The second kappa shape index (κ2) is 8.69. The van der Waals surface area contributed by atoms with Crippen molar-refractivity contribution in [1.82, 2.24) is 14.2 Å². The first-order chi connectivity index (χ1) is 13.0. The molecule has 2 heterocycles. The fourth-order valence-corrected chi connectivity index (χ4v) is 4.69. The van der Waals surface area contributed by atoms with Crippen LogP contribution in [-0.4, -0.2) is 54.7 Å². The monoisotopic (exact) mass is 390 g/mol. The van der Waals surface area contributed by atoms with Gasteiger partial charge >= 0.3 is 0 Å². The summed E-state index contributed by atoms with van der Waals surface area (Å²) in [5.74, 6) is -0.148. The van der Waals surface area contributed by atoms with Crippen molar-refractivity contribution in [3.05, 3.63) is 53.9 Å². The Morgan fingerprint density at radius 2 is 1.89 bits per heavy atom. The number of benzene rings is 1. The van der Waals surface area contributed by atoms with Gasteiger partial charge in [0.05, 0.1) is 0 Å². The zero-order valence-electron chi connectivity index (χ0n) is 15.3. The lowest BCUT2D eigenvalue weighted by Crippen LogP contribution is -2.32. The Kier molecular flexibility index (Phi) is 6.30. The Morgan fingerprint density at radius 1 is 1.19 bits per heavy atom. The maximum absolute atomic E-state index is 13.1. The maximum Gasteiger partial charge on any atom is 0.270 e. The van der Waals surface area contributed by atoms with E-state index in [1.54, 1.807) is 4.90 Å². The molecule has 1 fully saturated rings. The zero-order chi connectivity index (χ0) is 19.3. The lowest BCUT2D eigenvalue weighted by Gasteiger charge is -2.21. The van der Waals surface area contributed by atoms with Crippen molar-refractivity contribution in [3.8, 4) is 0 Å². The van der Waals surface area contributed by atoms with Gasteiger partial charge in [0.2, 0.25) is 10.0 Å². The summed E-state index contributed by atoms with van der Waals surface area (Å²) in [5, 5.41) is 0. The van der Waals surface area contributed by atoms with Gasteiger partial charge in [0, 0.05) is 32.4 Å². The third-order valence-corrected chi connectivity index (χ3v) is 6.55. The van der Waals surface area contributed by atoms with Crippen LogP contribution in [0.5, 0.6) is 0 Å². The first kappa shape index (κ1) is 19.6. The minimum Gasteiger partial charge on any atom is -0.356 e. The van der Waals surface area contributed by atoms with Crippen molar-refractivity contribution >= 4 is 15.9 Å². The molecule has 0 aliphatic carbocycles. The predicted octanol–water partition coefficient (Wildman–Crippen LogP) is 1.79. The second-order valence-electron chi connectivity index (χ2n) is 6.71. The van der Waals surface area contributed by atoms with Crippen LogP contribution in [-0.2, 0) is 16.6 Å². The Hall–Kier alpha value is -2.16. The average molecular weight is 391 g/mol. The number of sulfonamides is 1. The molecular weight excluding hydrogens is 364 g/mol. The van der Waals surface area contributed by atoms with Gasteiger partial charge in [-0.05, 0) is 37.4 Å². The van der Waals surface area contributed by atoms with E-state index in [-0.39, 0.29) is 17.3 Å². The Bertz CT molecular complexity index is 858. The molecule has 1 aromatic heterocycles. The summed E-state index contributed by atoms with van der Waals surface area (Å²) in [6.07, 6.45) is 3.94. The fraction of sp³-hybridized carbons (Fsp3) is 0.421. The highest BCUT2D eigenvalue weighted by atomic mass is 32.2. The number of hydrogen-bond donors (Lipinski definition) is 2. The number of aromatic amines is 1. The minimum absolute atomic E-state index is 0.109.